The number of benzene rings is 2. The Hall–Kier alpha value is -4.18. The van der Waals surface area contributed by atoms with Gasteiger partial charge in [-0.3, -0.25) is 25.0 Å². The molecule has 2 amide bonds. The maximum Gasteiger partial charge on any atom is 0.271 e. The molecule has 2 aromatic carbocycles. The number of nitro benzene ring substituents is 1. The van der Waals surface area contributed by atoms with Crippen LogP contribution in [-0.2, 0) is 9.59 Å². The Labute approximate surface area is 193 Å². The maximum absolute atomic E-state index is 14.3. The lowest BCUT2D eigenvalue weighted by atomic mass is 10.1. The van der Waals surface area contributed by atoms with Crippen molar-refractivity contribution in [2.45, 2.75) is 13.8 Å². The normalized spacial score (nSPS) is 15.2. The number of carbonyl (C=O) groups is 2. The number of nitrogens with one attached hydrogen (secondary N) is 1. The van der Waals surface area contributed by atoms with Gasteiger partial charge in [-0.1, -0.05) is 18.2 Å². The predicted octanol–water partition coefficient (Wildman–Crippen LogP) is 3.97. The standard InChI is InChI=1S/C23H17FN4O4S/c1-13-10-15(14(2)26(13)16-6-5-7-17(12-16)28(31)32)11-18-21(29)25-23(33)27(22(18)30)20-9-4-3-8-19(20)24/h3-12H,1-2H3,(H,25,29,33)/b18-11+. The second-order valence-electron chi connectivity index (χ2n) is 7.35. The third-order valence-electron chi connectivity index (χ3n) is 5.26. The smallest absolute Gasteiger partial charge is 0.271 e. The zero-order valence-electron chi connectivity index (χ0n) is 17.5. The van der Waals surface area contributed by atoms with Gasteiger partial charge in [0.05, 0.1) is 16.3 Å². The topological polar surface area (TPSA) is 97.5 Å². The number of thiocarbonyl (C=S) groups is 1. The molecule has 1 N–H and O–H groups in total. The summed E-state index contributed by atoms with van der Waals surface area (Å²) in [5, 5.41) is 13.4. The van der Waals surface area contributed by atoms with E-state index in [0.29, 0.717) is 16.9 Å². The van der Waals surface area contributed by atoms with Gasteiger partial charge >= 0.3 is 0 Å². The van der Waals surface area contributed by atoms with Crippen LogP contribution in [0.3, 0.4) is 0 Å². The molecule has 0 spiro atoms. The minimum atomic E-state index is -0.756. The monoisotopic (exact) mass is 464 g/mol. The van der Waals surface area contributed by atoms with Crippen molar-refractivity contribution in [2.24, 2.45) is 0 Å². The summed E-state index contributed by atoms with van der Waals surface area (Å²) in [6.45, 7) is 3.57. The highest BCUT2D eigenvalue weighted by Crippen LogP contribution is 2.28. The second kappa shape index (κ2) is 8.40. The number of aryl methyl sites for hydroxylation is 1. The average molecular weight is 464 g/mol. The molecular formula is C23H17FN4O4S. The molecule has 2 heterocycles. The number of para-hydroxylation sites is 1. The summed E-state index contributed by atoms with van der Waals surface area (Å²) < 4.78 is 16.1. The summed E-state index contributed by atoms with van der Waals surface area (Å²) in [5.74, 6) is -2.11. The first-order chi connectivity index (χ1) is 15.7. The molecule has 33 heavy (non-hydrogen) atoms. The van der Waals surface area contributed by atoms with E-state index in [2.05, 4.69) is 5.32 Å². The lowest BCUT2D eigenvalue weighted by Crippen LogP contribution is -2.54. The quantitative estimate of drug-likeness (QED) is 0.207. The van der Waals surface area contributed by atoms with E-state index in [9.17, 15) is 24.1 Å². The van der Waals surface area contributed by atoms with E-state index in [4.69, 9.17) is 12.2 Å². The molecule has 1 fully saturated rings. The molecule has 1 aromatic heterocycles. The van der Waals surface area contributed by atoms with Gasteiger partial charge in [-0.05, 0) is 62.0 Å². The molecule has 1 saturated heterocycles. The van der Waals surface area contributed by atoms with Gasteiger partial charge in [0.1, 0.15) is 11.4 Å². The molecule has 0 atom stereocenters. The molecule has 0 aliphatic carbocycles. The number of nitrogens with zero attached hydrogens (tertiary/aromatic N) is 3. The number of carbonyl (C=O) groups excluding carboxylic acids is 2. The van der Waals surface area contributed by atoms with Crippen molar-refractivity contribution < 1.29 is 18.9 Å². The van der Waals surface area contributed by atoms with E-state index in [-0.39, 0.29) is 22.1 Å². The first-order valence-corrected chi connectivity index (χ1v) is 10.2. The van der Waals surface area contributed by atoms with Crippen LogP contribution in [0.15, 0.2) is 60.2 Å². The SMILES string of the molecule is Cc1cc(/C=C2\C(=O)NC(=S)N(c3ccccc3F)C2=O)c(C)n1-c1cccc([N+](=O)[O-])c1. The third-order valence-corrected chi connectivity index (χ3v) is 5.55. The van der Waals surface area contributed by atoms with E-state index in [1.807, 2.05) is 0 Å². The van der Waals surface area contributed by atoms with Crippen LogP contribution >= 0.6 is 12.2 Å². The molecule has 8 nitrogen and oxygen atoms in total. The summed E-state index contributed by atoms with van der Waals surface area (Å²) in [6, 6.07) is 13.5. The summed E-state index contributed by atoms with van der Waals surface area (Å²) in [6.07, 6.45) is 1.41. The van der Waals surface area contributed by atoms with Crippen molar-refractivity contribution in [2.75, 3.05) is 4.90 Å². The molecular weight excluding hydrogens is 447 g/mol. The third kappa shape index (κ3) is 3.92. The van der Waals surface area contributed by atoms with Crippen LogP contribution < -0.4 is 10.2 Å². The number of nitro groups is 1. The molecule has 166 valence electrons. The number of hydrogen-bond donors (Lipinski definition) is 1. The number of hydrogen-bond acceptors (Lipinski definition) is 5. The molecule has 4 rings (SSSR count). The summed E-state index contributed by atoms with van der Waals surface area (Å²) >= 11 is 5.11. The fourth-order valence-corrected chi connectivity index (χ4v) is 4.02. The maximum atomic E-state index is 14.3. The predicted molar refractivity (Wildman–Crippen MR) is 125 cm³/mol. The Kier molecular flexibility index (Phi) is 5.60. The van der Waals surface area contributed by atoms with Gasteiger partial charge in [-0.2, -0.15) is 0 Å². The Morgan fingerprint density at radius 3 is 2.52 bits per heavy atom. The zero-order valence-corrected chi connectivity index (χ0v) is 18.4. The average Bonchev–Trinajstić information content (AvgIpc) is 3.05. The van der Waals surface area contributed by atoms with E-state index >= 15 is 0 Å². The van der Waals surface area contributed by atoms with Crippen molar-refractivity contribution in [3.63, 3.8) is 0 Å². The highest BCUT2D eigenvalue weighted by molar-refractivity contribution is 7.80. The number of rotatable bonds is 4. The fraction of sp³-hybridized carbons (Fsp3) is 0.0870. The van der Waals surface area contributed by atoms with Crippen LogP contribution in [0.4, 0.5) is 15.8 Å². The Balaban J connectivity index is 1.78. The highest BCUT2D eigenvalue weighted by Gasteiger charge is 2.35. The Morgan fingerprint density at radius 1 is 1.09 bits per heavy atom. The van der Waals surface area contributed by atoms with Crippen LogP contribution in [0.25, 0.3) is 11.8 Å². The number of non-ortho nitro benzene ring substituents is 1. The minimum absolute atomic E-state index is 0.0595. The van der Waals surface area contributed by atoms with Crippen molar-refractivity contribution in [1.82, 2.24) is 9.88 Å². The van der Waals surface area contributed by atoms with Crippen LogP contribution in [0.1, 0.15) is 17.0 Å². The minimum Gasteiger partial charge on any atom is -0.318 e. The summed E-state index contributed by atoms with van der Waals surface area (Å²) in [7, 11) is 0. The van der Waals surface area contributed by atoms with Crippen molar-refractivity contribution in [3.05, 3.63) is 93.1 Å². The number of aromatic nitrogens is 1. The van der Waals surface area contributed by atoms with E-state index in [1.165, 1.54) is 36.4 Å². The van der Waals surface area contributed by atoms with Gasteiger partial charge in [0, 0.05) is 23.5 Å². The molecule has 0 radical (unpaired) electrons. The van der Waals surface area contributed by atoms with Gasteiger partial charge in [0.2, 0.25) is 0 Å². The summed E-state index contributed by atoms with van der Waals surface area (Å²) in [5.41, 5.74) is 2.18. The van der Waals surface area contributed by atoms with Gasteiger partial charge in [0.15, 0.2) is 5.11 Å². The second-order valence-corrected chi connectivity index (χ2v) is 7.73. The van der Waals surface area contributed by atoms with E-state index in [1.54, 1.807) is 42.7 Å². The van der Waals surface area contributed by atoms with Crippen molar-refractivity contribution in [1.29, 1.82) is 0 Å². The molecule has 3 aromatic rings. The van der Waals surface area contributed by atoms with Crippen molar-refractivity contribution >= 4 is 46.6 Å². The molecule has 0 saturated carbocycles. The summed E-state index contributed by atoms with van der Waals surface area (Å²) in [4.78, 5) is 37.4. The van der Waals surface area contributed by atoms with Crippen LogP contribution in [0.2, 0.25) is 0 Å². The van der Waals surface area contributed by atoms with Gasteiger partial charge in [-0.15, -0.1) is 0 Å². The van der Waals surface area contributed by atoms with Crippen LogP contribution in [0, 0.1) is 29.8 Å². The van der Waals surface area contributed by atoms with E-state index in [0.717, 1.165) is 10.6 Å². The van der Waals surface area contributed by atoms with Gasteiger partial charge in [0.25, 0.3) is 17.5 Å². The first-order valence-electron chi connectivity index (χ1n) is 9.79. The lowest BCUT2D eigenvalue weighted by molar-refractivity contribution is -0.384. The number of halogens is 1. The first kappa shape index (κ1) is 22.0. The van der Waals surface area contributed by atoms with Crippen molar-refractivity contribution in [3.8, 4) is 5.69 Å². The number of anilines is 1. The van der Waals surface area contributed by atoms with Gasteiger partial charge < -0.3 is 4.57 Å². The fourth-order valence-electron chi connectivity index (χ4n) is 3.74. The molecule has 1 aliphatic rings. The molecule has 0 bridgehead atoms. The largest absolute Gasteiger partial charge is 0.318 e. The molecule has 1 aliphatic heterocycles. The van der Waals surface area contributed by atoms with Crippen LogP contribution in [-0.4, -0.2) is 26.4 Å². The lowest BCUT2D eigenvalue weighted by Gasteiger charge is -2.29. The number of amides is 2. The van der Waals surface area contributed by atoms with Crippen LogP contribution in [0.5, 0.6) is 0 Å². The zero-order chi connectivity index (χ0) is 23.9. The molecule has 0 unspecified atom stereocenters. The van der Waals surface area contributed by atoms with Gasteiger partial charge in [-0.25, -0.2) is 9.29 Å². The van der Waals surface area contributed by atoms with E-state index < -0.39 is 22.6 Å². The molecule has 10 heteroatoms. The Morgan fingerprint density at radius 2 is 1.82 bits per heavy atom. The Bertz CT molecular complexity index is 1380. The highest BCUT2D eigenvalue weighted by atomic mass is 32.1.